The lowest BCUT2D eigenvalue weighted by Crippen LogP contribution is -2.39. The first-order chi connectivity index (χ1) is 12.8. The van der Waals surface area contributed by atoms with Crippen molar-refractivity contribution in [2.24, 2.45) is 0 Å². The van der Waals surface area contributed by atoms with Gasteiger partial charge in [-0.3, -0.25) is 9.59 Å². The van der Waals surface area contributed by atoms with E-state index in [4.69, 9.17) is 16.3 Å². The Balaban J connectivity index is 1.95. The molecule has 0 fully saturated rings. The molecule has 6 heteroatoms. The summed E-state index contributed by atoms with van der Waals surface area (Å²) in [6.45, 7) is 8.55. The van der Waals surface area contributed by atoms with Gasteiger partial charge >= 0.3 is 0 Å². The number of amides is 1. The summed E-state index contributed by atoms with van der Waals surface area (Å²) in [5.74, 6) is 0.362. The number of fused-ring (bicyclic) bond motifs is 1. The number of aryl methyl sites for hydroxylation is 2. The van der Waals surface area contributed by atoms with Gasteiger partial charge in [-0.1, -0.05) is 24.6 Å². The van der Waals surface area contributed by atoms with Gasteiger partial charge in [0.05, 0.1) is 23.2 Å². The standard InChI is InChI=1S/C21H25ClN2O3/c1-5-14-10-13(4)23-20(25)16(14)11-24-9-8-15-6-7-17(27-12(2)3)19(22)18(15)21(24)26/h6-7,10,12H,5,8-9,11H2,1-4H3,(H,23,25). The quantitative estimate of drug-likeness (QED) is 0.845. The lowest BCUT2D eigenvalue weighted by molar-refractivity contribution is 0.0725. The molecule has 2 heterocycles. The van der Waals surface area contributed by atoms with Crippen molar-refractivity contribution in [3.63, 3.8) is 0 Å². The van der Waals surface area contributed by atoms with Crippen LogP contribution in [0.5, 0.6) is 5.75 Å². The maximum atomic E-state index is 13.1. The predicted molar refractivity (Wildman–Crippen MR) is 107 cm³/mol. The molecule has 5 nitrogen and oxygen atoms in total. The van der Waals surface area contributed by atoms with Gasteiger partial charge in [-0.15, -0.1) is 0 Å². The van der Waals surface area contributed by atoms with E-state index in [-0.39, 0.29) is 24.1 Å². The van der Waals surface area contributed by atoms with Crippen molar-refractivity contribution in [2.75, 3.05) is 6.54 Å². The van der Waals surface area contributed by atoms with E-state index in [0.717, 1.165) is 23.2 Å². The van der Waals surface area contributed by atoms with Gasteiger partial charge in [0.25, 0.3) is 11.5 Å². The Morgan fingerprint density at radius 3 is 2.70 bits per heavy atom. The first kappa shape index (κ1) is 19.5. The zero-order valence-corrected chi connectivity index (χ0v) is 16.9. The van der Waals surface area contributed by atoms with Crippen LogP contribution in [0.1, 0.15) is 53.5 Å². The normalized spacial score (nSPS) is 13.9. The average Bonchev–Trinajstić information content (AvgIpc) is 2.60. The van der Waals surface area contributed by atoms with Crippen LogP contribution in [0.3, 0.4) is 0 Å². The fraction of sp³-hybridized carbons (Fsp3) is 0.429. The zero-order chi connectivity index (χ0) is 19.7. The maximum Gasteiger partial charge on any atom is 0.256 e. The minimum atomic E-state index is -0.155. The number of H-pyrrole nitrogens is 1. The van der Waals surface area contributed by atoms with E-state index in [1.165, 1.54) is 0 Å². The Morgan fingerprint density at radius 2 is 2.04 bits per heavy atom. The molecule has 1 N–H and O–H groups in total. The van der Waals surface area contributed by atoms with E-state index < -0.39 is 0 Å². The van der Waals surface area contributed by atoms with Crippen molar-refractivity contribution in [1.82, 2.24) is 9.88 Å². The number of nitrogens with one attached hydrogen (secondary N) is 1. The Morgan fingerprint density at radius 1 is 1.30 bits per heavy atom. The van der Waals surface area contributed by atoms with Crippen LogP contribution < -0.4 is 10.3 Å². The molecule has 0 bridgehead atoms. The fourth-order valence-corrected chi connectivity index (χ4v) is 3.82. The first-order valence-electron chi connectivity index (χ1n) is 9.30. The molecule has 0 saturated carbocycles. The van der Waals surface area contributed by atoms with Crippen molar-refractivity contribution >= 4 is 17.5 Å². The number of nitrogens with zero attached hydrogens (tertiary/aromatic N) is 1. The number of carbonyl (C=O) groups excluding carboxylic acids is 1. The van der Waals surface area contributed by atoms with E-state index in [9.17, 15) is 9.59 Å². The Kier molecular flexibility index (Phi) is 5.61. The highest BCUT2D eigenvalue weighted by molar-refractivity contribution is 6.35. The molecule has 27 heavy (non-hydrogen) atoms. The van der Waals surface area contributed by atoms with Crippen LogP contribution in [-0.2, 0) is 19.4 Å². The summed E-state index contributed by atoms with van der Waals surface area (Å²) in [7, 11) is 0. The summed E-state index contributed by atoms with van der Waals surface area (Å²) >= 11 is 6.50. The van der Waals surface area contributed by atoms with Crippen LogP contribution in [0, 0.1) is 6.92 Å². The summed E-state index contributed by atoms with van der Waals surface area (Å²) in [5, 5.41) is 0.351. The first-order valence-corrected chi connectivity index (χ1v) is 9.68. The lowest BCUT2D eigenvalue weighted by atomic mass is 9.97. The monoisotopic (exact) mass is 388 g/mol. The van der Waals surface area contributed by atoms with Crippen LogP contribution in [0.15, 0.2) is 23.0 Å². The molecule has 2 aromatic rings. The molecule has 0 atom stereocenters. The van der Waals surface area contributed by atoms with Crippen molar-refractivity contribution in [2.45, 2.75) is 53.2 Å². The number of rotatable bonds is 5. The number of hydrogen-bond donors (Lipinski definition) is 1. The molecule has 144 valence electrons. The molecule has 0 spiro atoms. The van der Waals surface area contributed by atoms with Crippen molar-refractivity contribution < 1.29 is 9.53 Å². The number of pyridine rings is 1. The molecule has 1 aliphatic rings. The number of halogens is 1. The topological polar surface area (TPSA) is 62.4 Å². The third-order valence-corrected chi connectivity index (χ3v) is 5.18. The second kappa shape index (κ2) is 7.77. The lowest BCUT2D eigenvalue weighted by Gasteiger charge is -2.30. The second-order valence-electron chi connectivity index (χ2n) is 7.19. The molecule has 1 aromatic heterocycles. The number of carbonyl (C=O) groups is 1. The van der Waals surface area contributed by atoms with Gasteiger partial charge in [0.1, 0.15) is 5.75 Å². The van der Waals surface area contributed by atoms with Crippen LogP contribution in [0.25, 0.3) is 0 Å². The number of aromatic amines is 1. The molecule has 1 aliphatic heterocycles. The Labute approximate surface area is 164 Å². The number of benzene rings is 1. The average molecular weight is 389 g/mol. The van der Waals surface area contributed by atoms with Crippen LogP contribution >= 0.6 is 11.6 Å². The highest BCUT2D eigenvalue weighted by atomic mass is 35.5. The number of hydrogen-bond acceptors (Lipinski definition) is 3. The van der Waals surface area contributed by atoms with Gasteiger partial charge in [-0.05, 0) is 56.9 Å². The fourth-order valence-electron chi connectivity index (χ4n) is 3.51. The van der Waals surface area contributed by atoms with E-state index >= 15 is 0 Å². The van der Waals surface area contributed by atoms with Gasteiger partial charge in [-0.2, -0.15) is 0 Å². The molecular formula is C21H25ClN2O3. The maximum absolute atomic E-state index is 13.1. The van der Waals surface area contributed by atoms with Crippen LogP contribution in [0.4, 0.5) is 0 Å². The minimum absolute atomic E-state index is 0.0337. The van der Waals surface area contributed by atoms with Crippen molar-refractivity contribution in [3.8, 4) is 5.75 Å². The van der Waals surface area contributed by atoms with E-state index in [1.807, 2.05) is 45.9 Å². The SMILES string of the molecule is CCc1cc(C)[nH]c(=O)c1CN1CCc2ccc(OC(C)C)c(Cl)c2C1=O. The highest BCUT2D eigenvalue weighted by Gasteiger charge is 2.29. The van der Waals surface area contributed by atoms with Gasteiger partial charge in [0.2, 0.25) is 0 Å². The van der Waals surface area contributed by atoms with E-state index in [0.29, 0.717) is 34.9 Å². The van der Waals surface area contributed by atoms with Crippen molar-refractivity contribution in [1.29, 1.82) is 0 Å². The summed E-state index contributed by atoms with van der Waals surface area (Å²) < 4.78 is 5.72. The molecule has 0 radical (unpaired) electrons. The van der Waals surface area contributed by atoms with Gasteiger partial charge in [0.15, 0.2) is 0 Å². The van der Waals surface area contributed by atoms with Gasteiger partial charge in [-0.25, -0.2) is 0 Å². The number of ether oxygens (including phenoxy) is 1. The smallest absolute Gasteiger partial charge is 0.256 e. The largest absolute Gasteiger partial charge is 0.489 e. The zero-order valence-electron chi connectivity index (χ0n) is 16.2. The summed E-state index contributed by atoms with van der Waals surface area (Å²) in [5.41, 5.74) is 3.72. The predicted octanol–water partition coefficient (Wildman–Crippen LogP) is 3.88. The van der Waals surface area contributed by atoms with Crippen LogP contribution in [0.2, 0.25) is 5.02 Å². The molecule has 1 amide bonds. The van der Waals surface area contributed by atoms with Gasteiger partial charge < -0.3 is 14.6 Å². The second-order valence-corrected chi connectivity index (χ2v) is 7.57. The molecular weight excluding hydrogens is 364 g/mol. The number of aromatic nitrogens is 1. The minimum Gasteiger partial charge on any atom is -0.489 e. The van der Waals surface area contributed by atoms with Crippen molar-refractivity contribution in [3.05, 3.63) is 61.5 Å². The summed E-state index contributed by atoms with van der Waals surface area (Å²) in [6, 6.07) is 5.70. The molecule has 3 rings (SSSR count). The molecule has 0 aliphatic carbocycles. The third kappa shape index (κ3) is 3.88. The Bertz CT molecular complexity index is 934. The Hall–Kier alpha value is -2.27. The summed E-state index contributed by atoms with van der Waals surface area (Å²) in [4.78, 5) is 30.1. The van der Waals surface area contributed by atoms with E-state index in [1.54, 1.807) is 4.90 Å². The van der Waals surface area contributed by atoms with Gasteiger partial charge in [0, 0.05) is 17.8 Å². The third-order valence-electron chi connectivity index (χ3n) is 4.80. The van der Waals surface area contributed by atoms with Crippen LogP contribution in [-0.4, -0.2) is 28.4 Å². The molecule has 0 saturated heterocycles. The molecule has 1 aromatic carbocycles. The summed E-state index contributed by atoms with van der Waals surface area (Å²) in [6.07, 6.45) is 1.41. The highest BCUT2D eigenvalue weighted by Crippen LogP contribution is 2.35. The molecule has 0 unspecified atom stereocenters. The van der Waals surface area contributed by atoms with E-state index in [2.05, 4.69) is 4.98 Å².